The maximum absolute atomic E-state index is 13.6. The molecular formula is C14H13ClFNO. The average molecular weight is 266 g/mol. The van der Waals surface area contributed by atoms with Crippen LogP contribution >= 0.6 is 11.6 Å². The van der Waals surface area contributed by atoms with Crippen LogP contribution in [-0.2, 0) is 6.61 Å². The molecule has 0 saturated carbocycles. The Morgan fingerprint density at radius 3 is 2.72 bits per heavy atom. The molecule has 0 aliphatic heterocycles. The van der Waals surface area contributed by atoms with E-state index < -0.39 is 5.82 Å². The fourth-order valence-corrected chi connectivity index (χ4v) is 1.74. The number of aryl methyl sites for hydroxylation is 1. The van der Waals surface area contributed by atoms with Crippen LogP contribution in [-0.4, -0.2) is 0 Å². The van der Waals surface area contributed by atoms with Gasteiger partial charge in [0.25, 0.3) is 0 Å². The lowest BCUT2D eigenvalue weighted by atomic mass is 10.2. The van der Waals surface area contributed by atoms with Gasteiger partial charge in [-0.3, -0.25) is 0 Å². The molecule has 0 unspecified atom stereocenters. The van der Waals surface area contributed by atoms with E-state index in [0.29, 0.717) is 10.7 Å². The van der Waals surface area contributed by atoms with Crippen LogP contribution in [0.3, 0.4) is 0 Å². The second kappa shape index (κ2) is 5.27. The summed E-state index contributed by atoms with van der Waals surface area (Å²) >= 11 is 5.99. The molecule has 2 aromatic rings. The van der Waals surface area contributed by atoms with E-state index in [2.05, 4.69) is 0 Å². The van der Waals surface area contributed by atoms with Crippen molar-refractivity contribution in [2.75, 3.05) is 5.73 Å². The van der Waals surface area contributed by atoms with Crippen molar-refractivity contribution in [3.05, 3.63) is 58.4 Å². The molecule has 0 aliphatic rings. The molecule has 0 aliphatic carbocycles. The Bertz CT molecular complexity index is 572. The highest BCUT2D eigenvalue weighted by molar-refractivity contribution is 6.31. The molecule has 0 radical (unpaired) electrons. The van der Waals surface area contributed by atoms with Crippen LogP contribution in [0.1, 0.15) is 11.1 Å². The second-order valence-corrected chi connectivity index (χ2v) is 4.43. The van der Waals surface area contributed by atoms with E-state index in [0.717, 1.165) is 11.1 Å². The van der Waals surface area contributed by atoms with Gasteiger partial charge in [0.1, 0.15) is 6.61 Å². The Hall–Kier alpha value is -1.74. The first-order valence-electron chi connectivity index (χ1n) is 5.50. The van der Waals surface area contributed by atoms with Crippen LogP contribution in [0, 0.1) is 12.7 Å². The van der Waals surface area contributed by atoms with Crippen LogP contribution in [0.4, 0.5) is 10.1 Å². The minimum atomic E-state index is -0.467. The average Bonchev–Trinajstić information content (AvgIpc) is 2.34. The number of ether oxygens (including phenoxy) is 1. The first-order valence-corrected chi connectivity index (χ1v) is 5.87. The van der Waals surface area contributed by atoms with E-state index >= 15 is 0 Å². The van der Waals surface area contributed by atoms with Crippen molar-refractivity contribution in [3.8, 4) is 5.75 Å². The zero-order valence-corrected chi connectivity index (χ0v) is 10.7. The normalized spacial score (nSPS) is 10.4. The molecule has 0 saturated heterocycles. The number of benzene rings is 2. The van der Waals surface area contributed by atoms with Gasteiger partial charge in [-0.1, -0.05) is 29.8 Å². The number of hydrogen-bond donors (Lipinski definition) is 1. The fourth-order valence-electron chi connectivity index (χ4n) is 1.55. The highest BCUT2D eigenvalue weighted by Crippen LogP contribution is 2.25. The highest BCUT2D eigenvalue weighted by atomic mass is 35.5. The van der Waals surface area contributed by atoms with Gasteiger partial charge in [-0.05, 0) is 24.6 Å². The Morgan fingerprint density at radius 1 is 1.28 bits per heavy atom. The Balaban J connectivity index is 2.16. The van der Waals surface area contributed by atoms with Gasteiger partial charge in [0, 0.05) is 22.3 Å². The Labute approximate surface area is 110 Å². The van der Waals surface area contributed by atoms with Gasteiger partial charge in [0.15, 0.2) is 11.6 Å². The van der Waals surface area contributed by atoms with Gasteiger partial charge in [0.2, 0.25) is 0 Å². The second-order valence-electron chi connectivity index (χ2n) is 4.02. The lowest BCUT2D eigenvalue weighted by Crippen LogP contribution is -2.00. The quantitative estimate of drug-likeness (QED) is 0.853. The van der Waals surface area contributed by atoms with Crippen molar-refractivity contribution in [1.82, 2.24) is 0 Å². The molecule has 0 atom stereocenters. The standard InChI is InChI=1S/C14H13ClFNO/c1-9-6-14(12(16)7-13(9)17)18-8-10-4-2-3-5-11(10)15/h2-7H,8,17H2,1H3. The zero-order chi connectivity index (χ0) is 13.1. The molecule has 0 spiro atoms. The molecule has 2 nitrogen and oxygen atoms in total. The largest absolute Gasteiger partial charge is 0.486 e. The van der Waals surface area contributed by atoms with E-state index in [4.69, 9.17) is 22.1 Å². The zero-order valence-electron chi connectivity index (χ0n) is 9.91. The number of anilines is 1. The third kappa shape index (κ3) is 2.74. The summed E-state index contributed by atoms with van der Waals surface area (Å²) in [5.74, 6) is -0.285. The first-order chi connectivity index (χ1) is 8.58. The Kier molecular flexibility index (Phi) is 3.72. The molecule has 2 rings (SSSR count). The smallest absolute Gasteiger partial charge is 0.167 e. The number of halogens is 2. The molecule has 2 N–H and O–H groups in total. The van der Waals surface area contributed by atoms with E-state index in [1.165, 1.54) is 6.07 Å². The molecule has 2 aromatic carbocycles. The molecule has 18 heavy (non-hydrogen) atoms. The molecule has 0 aromatic heterocycles. The number of nitrogens with two attached hydrogens (primary N) is 1. The minimum Gasteiger partial charge on any atom is -0.486 e. The maximum atomic E-state index is 13.6. The molecular weight excluding hydrogens is 253 g/mol. The van der Waals surface area contributed by atoms with Gasteiger partial charge < -0.3 is 10.5 Å². The number of nitrogen functional groups attached to an aromatic ring is 1. The van der Waals surface area contributed by atoms with E-state index in [1.54, 1.807) is 19.1 Å². The predicted molar refractivity (Wildman–Crippen MR) is 71.3 cm³/mol. The van der Waals surface area contributed by atoms with Crippen molar-refractivity contribution in [2.24, 2.45) is 0 Å². The van der Waals surface area contributed by atoms with E-state index in [1.807, 2.05) is 18.2 Å². The van der Waals surface area contributed by atoms with Crippen molar-refractivity contribution in [1.29, 1.82) is 0 Å². The van der Waals surface area contributed by atoms with E-state index in [9.17, 15) is 4.39 Å². The van der Waals surface area contributed by atoms with Crippen LogP contribution in [0.25, 0.3) is 0 Å². The molecule has 0 heterocycles. The van der Waals surface area contributed by atoms with E-state index in [-0.39, 0.29) is 12.4 Å². The van der Waals surface area contributed by atoms with Crippen LogP contribution in [0.15, 0.2) is 36.4 Å². The lowest BCUT2D eigenvalue weighted by Gasteiger charge is -2.10. The third-order valence-corrected chi connectivity index (χ3v) is 3.03. The van der Waals surface area contributed by atoms with Gasteiger partial charge >= 0.3 is 0 Å². The maximum Gasteiger partial charge on any atom is 0.167 e. The first kappa shape index (κ1) is 12.7. The SMILES string of the molecule is Cc1cc(OCc2ccccc2Cl)c(F)cc1N. The summed E-state index contributed by atoms with van der Waals surface area (Å²) in [6, 6.07) is 10.1. The Morgan fingerprint density at radius 2 is 2.00 bits per heavy atom. The number of rotatable bonds is 3. The van der Waals surface area contributed by atoms with Crippen molar-refractivity contribution in [2.45, 2.75) is 13.5 Å². The highest BCUT2D eigenvalue weighted by Gasteiger charge is 2.08. The monoisotopic (exact) mass is 265 g/mol. The molecule has 0 amide bonds. The summed E-state index contributed by atoms with van der Waals surface area (Å²) in [5.41, 5.74) is 7.61. The van der Waals surface area contributed by atoms with Gasteiger partial charge in [-0.25, -0.2) is 4.39 Å². The summed E-state index contributed by atoms with van der Waals surface area (Å²) in [6.45, 7) is 2.02. The van der Waals surface area contributed by atoms with Gasteiger partial charge in [0.05, 0.1) is 0 Å². The molecule has 0 fully saturated rings. The lowest BCUT2D eigenvalue weighted by molar-refractivity contribution is 0.290. The third-order valence-electron chi connectivity index (χ3n) is 2.66. The number of hydrogen-bond acceptors (Lipinski definition) is 2. The van der Waals surface area contributed by atoms with Gasteiger partial charge in [-0.15, -0.1) is 0 Å². The summed E-state index contributed by atoms with van der Waals surface area (Å²) in [5, 5.41) is 0.602. The van der Waals surface area contributed by atoms with Crippen LogP contribution in [0.5, 0.6) is 5.75 Å². The van der Waals surface area contributed by atoms with Crippen molar-refractivity contribution < 1.29 is 9.13 Å². The van der Waals surface area contributed by atoms with Crippen molar-refractivity contribution >= 4 is 17.3 Å². The summed E-state index contributed by atoms with van der Waals surface area (Å²) in [7, 11) is 0. The fraction of sp³-hybridized carbons (Fsp3) is 0.143. The predicted octanol–water partition coefficient (Wildman–Crippen LogP) is 3.95. The molecule has 4 heteroatoms. The summed E-state index contributed by atoms with van der Waals surface area (Å²) in [6.07, 6.45) is 0. The summed E-state index contributed by atoms with van der Waals surface area (Å²) in [4.78, 5) is 0. The molecule has 0 bridgehead atoms. The van der Waals surface area contributed by atoms with Crippen molar-refractivity contribution in [3.63, 3.8) is 0 Å². The topological polar surface area (TPSA) is 35.2 Å². The summed E-state index contributed by atoms with van der Waals surface area (Å²) < 4.78 is 19.0. The van der Waals surface area contributed by atoms with Crippen LogP contribution < -0.4 is 10.5 Å². The van der Waals surface area contributed by atoms with Gasteiger partial charge in [-0.2, -0.15) is 0 Å². The molecule has 94 valence electrons. The minimum absolute atomic E-state index is 0.182. The van der Waals surface area contributed by atoms with Crippen LogP contribution in [0.2, 0.25) is 5.02 Å².